The molecule has 0 aliphatic rings. The van der Waals surface area contributed by atoms with Crippen LogP contribution in [0.25, 0.3) is 0 Å². The fourth-order valence-electron chi connectivity index (χ4n) is 0.351. The van der Waals surface area contributed by atoms with Gasteiger partial charge in [0.05, 0.1) is 12.2 Å². The second-order valence-electron chi connectivity index (χ2n) is 1.87. The first-order valence-corrected chi connectivity index (χ1v) is 3.13. The molecule has 0 aromatic rings. The van der Waals surface area contributed by atoms with Crippen LogP contribution in [0.4, 0.5) is 4.39 Å². The summed E-state index contributed by atoms with van der Waals surface area (Å²) in [6.07, 6.45) is 0.741. The Morgan fingerprint density at radius 3 is 2.70 bits per heavy atom. The van der Waals surface area contributed by atoms with E-state index in [-0.39, 0.29) is 5.57 Å². The van der Waals surface area contributed by atoms with Crippen LogP contribution in [0.2, 0.25) is 0 Å². The lowest BCUT2D eigenvalue weighted by Crippen LogP contribution is -2.08. The predicted molar refractivity (Wildman–Crippen MR) is 36.4 cm³/mol. The molecule has 0 unspecified atom stereocenters. The van der Waals surface area contributed by atoms with Crippen molar-refractivity contribution in [1.29, 1.82) is 0 Å². The Balaban J connectivity index is 3.52. The molecule has 0 aliphatic heterocycles. The topological polar surface area (TPSA) is 26.3 Å². The van der Waals surface area contributed by atoms with E-state index in [4.69, 9.17) is 0 Å². The van der Waals surface area contributed by atoms with Gasteiger partial charge in [-0.1, -0.05) is 13.5 Å². The smallest absolute Gasteiger partial charge is 0.336 e. The molecule has 0 spiro atoms. The molecule has 0 heterocycles. The van der Waals surface area contributed by atoms with E-state index in [0.29, 0.717) is 6.61 Å². The minimum Gasteiger partial charge on any atom is -0.462 e. The van der Waals surface area contributed by atoms with Gasteiger partial charge in [-0.3, -0.25) is 0 Å². The number of hydrogen-bond donors (Lipinski definition) is 0. The fraction of sp³-hybridized carbons (Fsp3) is 0.571. The summed E-state index contributed by atoms with van der Waals surface area (Å²) < 4.78 is 16.2. The van der Waals surface area contributed by atoms with Gasteiger partial charge in [0.15, 0.2) is 0 Å². The van der Waals surface area contributed by atoms with Gasteiger partial charge in [0.2, 0.25) is 0 Å². The number of carbonyl (C=O) groups is 1. The highest BCUT2D eigenvalue weighted by Crippen LogP contribution is 1.95. The van der Waals surface area contributed by atoms with Crippen LogP contribution in [0.3, 0.4) is 0 Å². The van der Waals surface area contributed by atoms with Gasteiger partial charge in [-0.15, -0.1) is 0 Å². The average molecular weight is 146 g/mol. The molecule has 0 bridgehead atoms. The molecule has 0 N–H and O–H groups in total. The maximum absolute atomic E-state index is 11.7. The van der Waals surface area contributed by atoms with E-state index in [1.165, 1.54) is 0 Å². The summed E-state index contributed by atoms with van der Waals surface area (Å²) in [6.45, 7) is 4.54. The molecule has 0 aromatic heterocycles. The summed E-state index contributed by atoms with van der Waals surface area (Å²) in [5.41, 5.74) is -0.117. The SMILES string of the molecule is C=C(CF)C(=O)OCCC. The molecule has 0 aliphatic carbocycles. The van der Waals surface area contributed by atoms with Crippen LogP contribution in [0.5, 0.6) is 0 Å². The number of rotatable bonds is 4. The van der Waals surface area contributed by atoms with E-state index in [9.17, 15) is 9.18 Å². The summed E-state index contributed by atoms with van der Waals surface area (Å²) in [5.74, 6) is -0.635. The van der Waals surface area contributed by atoms with Crippen LogP contribution in [-0.4, -0.2) is 19.3 Å². The highest BCUT2D eigenvalue weighted by atomic mass is 19.1. The third kappa shape index (κ3) is 3.22. The maximum atomic E-state index is 11.7. The number of alkyl halides is 1. The van der Waals surface area contributed by atoms with E-state index in [0.717, 1.165) is 6.42 Å². The Kier molecular flexibility index (Phi) is 4.54. The van der Waals surface area contributed by atoms with E-state index < -0.39 is 12.6 Å². The lowest BCUT2D eigenvalue weighted by atomic mass is 10.3. The minimum absolute atomic E-state index is 0.117. The normalized spacial score (nSPS) is 9.00. The molecule has 0 rings (SSSR count). The number of ether oxygens (including phenoxy) is 1. The molecule has 0 saturated carbocycles. The van der Waals surface area contributed by atoms with Crippen molar-refractivity contribution in [3.63, 3.8) is 0 Å². The Bertz CT molecular complexity index is 132. The van der Waals surface area contributed by atoms with Crippen molar-refractivity contribution in [2.75, 3.05) is 13.3 Å². The first kappa shape index (κ1) is 9.14. The van der Waals surface area contributed by atoms with Crippen molar-refractivity contribution in [2.45, 2.75) is 13.3 Å². The highest BCUT2D eigenvalue weighted by molar-refractivity contribution is 5.87. The van der Waals surface area contributed by atoms with Crippen molar-refractivity contribution in [2.24, 2.45) is 0 Å². The zero-order valence-electron chi connectivity index (χ0n) is 6.02. The quantitative estimate of drug-likeness (QED) is 0.443. The van der Waals surface area contributed by atoms with Crippen LogP contribution in [-0.2, 0) is 9.53 Å². The standard InChI is InChI=1S/C7H11FO2/c1-3-4-10-7(9)6(2)5-8/h2-5H2,1H3. The van der Waals surface area contributed by atoms with Crippen molar-refractivity contribution >= 4 is 5.97 Å². The van der Waals surface area contributed by atoms with Gasteiger partial charge >= 0.3 is 5.97 Å². The van der Waals surface area contributed by atoms with Crippen molar-refractivity contribution in [1.82, 2.24) is 0 Å². The van der Waals surface area contributed by atoms with Gasteiger partial charge in [0.1, 0.15) is 6.67 Å². The lowest BCUT2D eigenvalue weighted by molar-refractivity contribution is -0.139. The summed E-state index contributed by atoms with van der Waals surface area (Å²) in [7, 11) is 0. The monoisotopic (exact) mass is 146 g/mol. The van der Waals surface area contributed by atoms with Crippen molar-refractivity contribution < 1.29 is 13.9 Å². The second-order valence-corrected chi connectivity index (χ2v) is 1.87. The van der Waals surface area contributed by atoms with E-state index in [1.807, 2.05) is 6.92 Å². The van der Waals surface area contributed by atoms with Crippen LogP contribution in [0.1, 0.15) is 13.3 Å². The van der Waals surface area contributed by atoms with Gasteiger partial charge < -0.3 is 4.74 Å². The minimum atomic E-state index is -0.831. The molecule has 3 heteroatoms. The molecule has 0 atom stereocenters. The van der Waals surface area contributed by atoms with Gasteiger partial charge in [0, 0.05) is 0 Å². The Hall–Kier alpha value is -0.860. The Morgan fingerprint density at radius 2 is 2.30 bits per heavy atom. The molecule has 0 fully saturated rings. The summed E-state index contributed by atoms with van der Waals surface area (Å²) in [6, 6.07) is 0. The molecule has 0 radical (unpaired) electrons. The predicted octanol–water partition coefficient (Wildman–Crippen LogP) is 1.47. The molecule has 2 nitrogen and oxygen atoms in total. The number of halogens is 1. The molecule has 0 amide bonds. The summed E-state index contributed by atoms with van der Waals surface area (Å²) in [4.78, 5) is 10.6. The molecule has 0 aromatic carbocycles. The number of hydrogen-bond acceptors (Lipinski definition) is 2. The van der Waals surface area contributed by atoms with Crippen LogP contribution in [0, 0.1) is 0 Å². The largest absolute Gasteiger partial charge is 0.462 e. The molecular weight excluding hydrogens is 135 g/mol. The molecule has 10 heavy (non-hydrogen) atoms. The van der Waals surface area contributed by atoms with Crippen LogP contribution < -0.4 is 0 Å². The van der Waals surface area contributed by atoms with Gasteiger partial charge in [-0.2, -0.15) is 0 Å². The third-order valence-corrected chi connectivity index (χ3v) is 0.887. The maximum Gasteiger partial charge on any atom is 0.336 e. The molecule has 58 valence electrons. The Morgan fingerprint density at radius 1 is 1.70 bits per heavy atom. The van der Waals surface area contributed by atoms with E-state index in [2.05, 4.69) is 11.3 Å². The fourth-order valence-corrected chi connectivity index (χ4v) is 0.351. The Labute approximate surface area is 59.7 Å². The summed E-state index contributed by atoms with van der Waals surface area (Å²) >= 11 is 0. The van der Waals surface area contributed by atoms with E-state index in [1.54, 1.807) is 0 Å². The third-order valence-electron chi connectivity index (χ3n) is 0.887. The van der Waals surface area contributed by atoms with Gasteiger partial charge in [0.25, 0.3) is 0 Å². The first-order valence-electron chi connectivity index (χ1n) is 3.13. The van der Waals surface area contributed by atoms with Crippen molar-refractivity contribution in [3.8, 4) is 0 Å². The average Bonchev–Trinajstić information content (AvgIpc) is 1.98. The van der Waals surface area contributed by atoms with E-state index >= 15 is 0 Å². The number of esters is 1. The highest BCUT2D eigenvalue weighted by Gasteiger charge is 2.05. The summed E-state index contributed by atoms with van der Waals surface area (Å²) in [5, 5.41) is 0. The van der Waals surface area contributed by atoms with Crippen molar-refractivity contribution in [3.05, 3.63) is 12.2 Å². The van der Waals surface area contributed by atoms with Gasteiger partial charge in [-0.05, 0) is 6.42 Å². The number of carbonyl (C=O) groups excluding carboxylic acids is 1. The molecule has 0 saturated heterocycles. The zero-order valence-corrected chi connectivity index (χ0v) is 6.02. The van der Waals surface area contributed by atoms with Gasteiger partial charge in [-0.25, -0.2) is 9.18 Å². The lowest BCUT2D eigenvalue weighted by Gasteiger charge is -2.00. The second kappa shape index (κ2) is 4.97. The van der Waals surface area contributed by atoms with Crippen LogP contribution >= 0.6 is 0 Å². The van der Waals surface area contributed by atoms with Crippen LogP contribution in [0.15, 0.2) is 12.2 Å². The molecular formula is C7H11FO2. The zero-order chi connectivity index (χ0) is 7.98. The first-order chi connectivity index (χ1) is 4.72.